The highest BCUT2D eigenvalue weighted by atomic mass is 35.5. The summed E-state index contributed by atoms with van der Waals surface area (Å²) >= 11 is 5.82. The molecular formula is C16H16ClN3O2. The van der Waals surface area contributed by atoms with Gasteiger partial charge in [0.1, 0.15) is 0 Å². The number of nitrogens with one attached hydrogen (secondary N) is 1. The summed E-state index contributed by atoms with van der Waals surface area (Å²) in [5.74, 6) is 0. The minimum absolute atomic E-state index is 0.530. The molecule has 0 aliphatic heterocycles. The molecule has 0 atom stereocenters. The van der Waals surface area contributed by atoms with Gasteiger partial charge in [-0.15, -0.1) is 0 Å². The number of oxime groups is 1. The van der Waals surface area contributed by atoms with Crippen molar-refractivity contribution in [3.05, 3.63) is 59.1 Å². The Hall–Kier alpha value is -2.53. The fourth-order valence-corrected chi connectivity index (χ4v) is 1.89. The number of benzene rings is 2. The van der Waals surface area contributed by atoms with Crippen LogP contribution in [0.25, 0.3) is 0 Å². The van der Waals surface area contributed by atoms with E-state index in [9.17, 15) is 4.79 Å². The Labute approximate surface area is 134 Å². The van der Waals surface area contributed by atoms with Gasteiger partial charge in [0.05, 0.1) is 6.21 Å². The van der Waals surface area contributed by atoms with Gasteiger partial charge in [-0.05, 0) is 35.9 Å². The number of anilines is 2. The van der Waals surface area contributed by atoms with Gasteiger partial charge in [0.25, 0.3) is 0 Å². The molecule has 0 fully saturated rings. The second-order valence-corrected chi connectivity index (χ2v) is 5.17. The van der Waals surface area contributed by atoms with Crippen LogP contribution in [0.4, 0.5) is 16.2 Å². The molecule has 2 aromatic carbocycles. The monoisotopic (exact) mass is 317 g/mol. The van der Waals surface area contributed by atoms with Crippen molar-refractivity contribution in [1.82, 2.24) is 0 Å². The molecule has 22 heavy (non-hydrogen) atoms. The van der Waals surface area contributed by atoms with Gasteiger partial charge in [-0.1, -0.05) is 35.0 Å². The molecule has 2 rings (SSSR count). The van der Waals surface area contributed by atoms with Crippen molar-refractivity contribution in [2.24, 2.45) is 5.16 Å². The lowest BCUT2D eigenvalue weighted by Crippen LogP contribution is -2.10. The van der Waals surface area contributed by atoms with Gasteiger partial charge in [0.2, 0.25) is 0 Å². The second-order valence-electron chi connectivity index (χ2n) is 4.73. The highest BCUT2D eigenvalue weighted by Crippen LogP contribution is 2.15. The number of rotatable bonds is 4. The average Bonchev–Trinajstić information content (AvgIpc) is 2.47. The molecule has 2 aromatic rings. The quantitative estimate of drug-likeness (QED) is 0.527. The van der Waals surface area contributed by atoms with Crippen LogP contribution in [0.2, 0.25) is 5.02 Å². The summed E-state index contributed by atoms with van der Waals surface area (Å²) in [5, 5.41) is 6.71. The largest absolute Gasteiger partial charge is 0.437 e. The molecule has 0 aromatic heterocycles. The van der Waals surface area contributed by atoms with E-state index >= 15 is 0 Å². The van der Waals surface area contributed by atoms with Crippen LogP contribution in [0.15, 0.2) is 53.7 Å². The highest BCUT2D eigenvalue weighted by Gasteiger charge is 2.02. The summed E-state index contributed by atoms with van der Waals surface area (Å²) in [7, 11) is 3.93. The zero-order chi connectivity index (χ0) is 15.9. The third-order valence-electron chi connectivity index (χ3n) is 2.82. The molecule has 1 N–H and O–H groups in total. The predicted octanol–water partition coefficient (Wildman–Crippen LogP) is 3.99. The average molecular weight is 318 g/mol. The molecule has 0 saturated heterocycles. The van der Waals surface area contributed by atoms with Gasteiger partial charge in [0, 0.05) is 30.5 Å². The van der Waals surface area contributed by atoms with E-state index in [0.29, 0.717) is 10.7 Å². The third-order valence-corrected chi connectivity index (χ3v) is 3.05. The molecule has 0 radical (unpaired) electrons. The number of nitrogens with zero attached hydrogens (tertiary/aromatic N) is 2. The van der Waals surface area contributed by atoms with E-state index in [0.717, 1.165) is 11.3 Å². The van der Waals surface area contributed by atoms with Crippen LogP contribution in [0.1, 0.15) is 5.56 Å². The summed E-state index contributed by atoms with van der Waals surface area (Å²) in [6, 6.07) is 14.4. The lowest BCUT2D eigenvalue weighted by atomic mass is 10.2. The number of amides is 1. The van der Waals surface area contributed by atoms with Crippen LogP contribution in [-0.2, 0) is 4.84 Å². The molecule has 0 spiro atoms. The summed E-state index contributed by atoms with van der Waals surface area (Å²) in [6.45, 7) is 0. The zero-order valence-corrected chi connectivity index (χ0v) is 13.0. The fourth-order valence-electron chi connectivity index (χ4n) is 1.70. The van der Waals surface area contributed by atoms with Gasteiger partial charge in [-0.3, -0.25) is 10.2 Å². The van der Waals surface area contributed by atoms with Gasteiger partial charge < -0.3 is 4.90 Å². The van der Waals surface area contributed by atoms with Gasteiger partial charge in [0.15, 0.2) is 0 Å². The van der Waals surface area contributed by atoms with Crippen molar-refractivity contribution in [2.45, 2.75) is 0 Å². The van der Waals surface area contributed by atoms with Crippen molar-refractivity contribution in [1.29, 1.82) is 0 Å². The molecule has 1 amide bonds. The predicted molar refractivity (Wildman–Crippen MR) is 89.9 cm³/mol. The Morgan fingerprint density at radius 3 is 2.59 bits per heavy atom. The molecule has 0 saturated carbocycles. The lowest BCUT2D eigenvalue weighted by Gasteiger charge is -2.11. The smallest absolute Gasteiger partial charge is 0.378 e. The van der Waals surface area contributed by atoms with E-state index in [1.807, 2.05) is 43.3 Å². The summed E-state index contributed by atoms with van der Waals surface area (Å²) in [5.41, 5.74) is 2.46. The molecular weight excluding hydrogens is 302 g/mol. The normalized spacial score (nSPS) is 10.5. The molecule has 0 unspecified atom stereocenters. The highest BCUT2D eigenvalue weighted by molar-refractivity contribution is 6.30. The topological polar surface area (TPSA) is 53.9 Å². The molecule has 0 bridgehead atoms. The van der Waals surface area contributed by atoms with Gasteiger partial charge >= 0.3 is 6.09 Å². The first-order valence-corrected chi connectivity index (χ1v) is 6.97. The van der Waals surface area contributed by atoms with E-state index in [1.165, 1.54) is 6.21 Å². The minimum Gasteiger partial charge on any atom is -0.378 e. The van der Waals surface area contributed by atoms with Crippen LogP contribution in [0, 0.1) is 0 Å². The SMILES string of the molecule is CN(C)c1ccc(/C=N\OC(=O)Nc2cccc(Cl)c2)cc1. The number of carbonyl (C=O) groups is 1. The number of halogens is 1. The van der Waals surface area contributed by atoms with Gasteiger partial charge in [-0.25, -0.2) is 4.79 Å². The Kier molecular flexibility index (Phi) is 5.38. The minimum atomic E-state index is -0.677. The Morgan fingerprint density at radius 1 is 1.23 bits per heavy atom. The van der Waals surface area contributed by atoms with Crippen LogP contribution >= 0.6 is 11.6 Å². The summed E-state index contributed by atoms with van der Waals surface area (Å²) in [4.78, 5) is 18.3. The second kappa shape index (κ2) is 7.47. The van der Waals surface area contributed by atoms with Crippen molar-refractivity contribution in [3.63, 3.8) is 0 Å². The standard InChI is InChI=1S/C16H16ClN3O2/c1-20(2)15-8-6-12(7-9-15)11-18-22-16(21)19-14-5-3-4-13(17)10-14/h3-11H,1-2H3,(H,19,21)/b18-11-. The van der Waals surface area contributed by atoms with Crippen LogP contribution in [0.3, 0.4) is 0 Å². The van der Waals surface area contributed by atoms with E-state index in [2.05, 4.69) is 10.5 Å². The van der Waals surface area contributed by atoms with Crippen LogP contribution in [0.5, 0.6) is 0 Å². The maximum Gasteiger partial charge on any atom is 0.437 e. The lowest BCUT2D eigenvalue weighted by molar-refractivity contribution is 0.167. The molecule has 0 aliphatic rings. The van der Waals surface area contributed by atoms with Crippen LogP contribution in [-0.4, -0.2) is 26.4 Å². The van der Waals surface area contributed by atoms with E-state index in [4.69, 9.17) is 16.4 Å². The van der Waals surface area contributed by atoms with E-state index in [1.54, 1.807) is 24.3 Å². The molecule has 5 nitrogen and oxygen atoms in total. The van der Waals surface area contributed by atoms with Crippen molar-refractivity contribution in [3.8, 4) is 0 Å². The fraction of sp³-hybridized carbons (Fsp3) is 0.125. The Morgan fingerprint density at radius 2 is 1.95 bits per heavy atom. The van der Waals surface area contributed by atoms with E-state index < -0.39 is 6.09 Å². The van der Waals surface area contributed by atoms with Crippen LogP contribution < -0.4 is 10.2 Å². The summed E-state index contributed by atoms with van der Waals surface area (Å²) < 4.78 is 0. The number of hydrogen-bond donors (Lipinski definition) is 1. The van der Waals surface area contributed by atoms with E-state index in [-0.39, 0.29) is 0 Å². The maximum absolute atomic E-state index is 11.6. The Bertz CT molecular complexity index is 669. The molecule has 114 valence electrons. The molecule has 6 heteroatoms. The third kappa shape index (κ3) is 4.79. The number of hydrogen-bond acceptors (Lipinski definition) is 4. The summed E-state index contributed by atoms with van der Waals surface area (Å²) in [6.07, 6.45) is 0.792. The maximum atomic E-state index is 11.6. The first-order valence-electron chi connectivity index (χ1n) is 6.59. The first kappa shape index (κ1) is 15.9. The molecule has 0 heterocycles. The molecule has 0 aliphatic carbocycles. The Balaban J connectivity index is 1.87. The van der Waals surface area contributed by atoms with Crippen molar-refractivity contribution < 1.29 is 9.63 Å². The van der Waals surface area contributed by atoms with Crippen molar-refractivity contribution >= 4 is 35.3 Å². The zero-order valence-electron chi connectivity index (χ0n) is 12.3. The van der Waals surface area contributed by atoms with Gasteiger partial charge in [-0.2, -0.15) is 0 Å². The first-order chi connectivity index (χ1) is 10.5. The van der Waals surface area contributed by atoms with Crippen molar-refractivity contribution in [2.75, 3.05) is 24.3 Å². The number of carbonyl (C=O) groups excluding carboxylic acids is 1.